The van der Waals surface area contributed by atoms with Crippen LogP contribution < -0.4 is 24.3 Å². The third-order valence-electron chi connectivity index (χ3n) is 4.39. The molecule has 182 valence electrons. The Balaban J connectivity index is 1.74. The minimum atomic E-state index is -0.605. The van der Waals surface area contributed by atoms with E-state index in [0.29, 0.717) is 43.9 Å². The van der Waals surface area contributed by atoms with Crippen molar-refractivity contribution in [2.24, 2.45) is 0 Å². The topological polar surface area (TPSA) is 116 Å². The number of thioether (sulfide) groups is 1. The van der Waals surface area contributed by atoms with Crippen LogP contribution in [0.15, 0.2) is 47.1 Å². The highest BCUT2D eigenvalue weighted by atomic mass is 35.5. The molecule has 0 bridgehead atoms. The Bertz CT molecular complexity index is 1230. The molecular formula is C23H21ClN4O5S2. The van der Waals surface area contributed by atoms with E-state index in [1.54, 1.807) is 24.3 Å². The lowest BCUT2D eigenvalue weighted by Crippen LogP contribution is -2.13. The fraction of sp³-hybridized carbons (Fsp3) is 0.217. The standard InChI is InChI=1S/C23H21ClN4O5S2/c1-30-18-11-14(10-15(13-25)21(29)26-22-27-23(34-3)28-35-22)12-19(31-2)20(18)33-9-8-32-17-7-5-4-6-16(17)24/h4-7,10-12H,8-9H2,1-3H3,(H,26,27,28,29). The van der Waals surface area contributed by atoms with Gasteiger partial charge in [-0.25, -0.2) is 0 Å². The normalized spacial score (nSPS) is 10.9. The van der Waals surface area contributed by atoms with E-state index in [9.17, 15) is 10.1 Å². The lowest BCUT2D eigenvalue weighted by atomic mass is 10.1. The second kappa shape index (κ2) is 12.9. The van der Waals surface area contributed by atoms with Crippen molar-refractivity contribution in [2.45, 2.75) is 5.16 Å². The monoisotopic (exact) mass is 532 g/mol. The summed E-state index contributed by atoms with van der Waals surface area (Å²) >= 11 is 8.48. The van der Waals surface area contributed by atoms with Crippen LogP contribution in [-0.2, 0) is 4.79 Å². The quantitative estimate of drug-likeness (QED) is 0.159. The number of nitriles is 1. The first-order chi connectivity index (χ1) is 17.0. The molecule has 0 saturated heterocycles. The summed E-state index contributed by atoms with van der Waals surface area (Å²) in [6, 6.07) is 12.3. The van der Waals surface area contributed by atoms with Gasteiger partial charge in [-0.2, -0.15) is 14.6 Å². The number of carbonyl (C=O) groups excluding carboxylic acids is 1. The van der Waals surface area contributed by atoms with Crippen LogP contribution in [0.4, 0.5) is 5.13 Å². The van der Waals surface area contributed by atoms with Gasteiger partial charge >= 0.3 is 0 Å². The first-order valence-corrected chi connectivity index (χ1v) is 12.4. The average Bonchev–Trinajstić information content (AvgIpc) is 3.33. The number of nitrogens with one attached hydrogen (secondary N) is 1. The van der Waals surface area contributed by atoms with Gasteiger partial charge in [0.15, 0.2) is 11.5 Å². The second-order valence-electron chi connectivity index (χ2n) is 6.59. The number of para-hydroxylation sites is 1. The van der Waals surface area contributed by atoms with E-state index in [-0.39, 0.29) is 18.8 Å². The molecule has 35 heavy (non-hydrogen) atoms. The smallest absolute Gasteiger partial charge is 0.268 e. The first kappa shape index (κ1) is 26.2. The van der Waals surface area contributed by atoms with Gasteiger partial charge < -0.3 is 18.9 Å². The number of carbonyl (C=O) groups is 1. The number of anilines is 1. The zero-order chi connectivity index (χ0) is 25.2. The predicted molar refractivity (Wildman–Crippen MR) is 136 cm³/mol. The van der Waals surface area contributed by atoms with Crippen LogP contribution in [0.5, 0.6) is 23.0 Å². The molecule has 3 aromatic rings. The molecule has 0 fully saturated rings. The minimum absolute atomic E-state index is 0.128. The van der Waals surface area contributed by atoms with Gasteiger partial charge in [0, 0.05) is 11.5 Å². The molecule has 9 nitrogen and oxygen atoms in total. The summed E-state index contributed by atoms with van der Waals surface area (Å²) in [5.74, 6) is 1.03. The summed E-state index contributed by atoms with van der Waals surface area (Å²) in [5, 5.41) is 13.5. The molecule has 0 aliphatic heterocycles. The number of benzene rings is 2. The van der Waals surface area contributed by atoms with E-state index in [4.69, 9.17) is 30.5 Å². The van der Waals surface area contributed by atoms with Crippen molar-refractivity contribution < 1.29 is 23.7 Å². The summed E-state index contributed by atoms with van der Waals surface area (Å²) in [7, 11) is 2.96. The molecule has 0 radical (unpaired) electrons. The first-order valence-electron chi connectivity index (χ1n) is 10.1. The van der Waals surface area contributed by atoms with Gasteiger partial charge in [-0.05, 0) is 42.2 Å². The van der Waals surface area contributed by atoms with Gasteiger partial charge in [-0.15, -0.1) is 0 Å². The summed E-state index contributed by atoms with van der Waals surface area (Å²) in [5.41, 5.74) is 0.379. The molecule has 0 unspecified atom stereocenters. The fourth-order valence-corrected chi connectivity index (χ4v) is 4.12. The third-order valence-corrected chi connectivity index (χ3v) is 6.00. The van der Waals surface area contributed by atoms with E-state index < -0.39 is 5.91 Å². The van der Waals surface area contributed by atoms with Crippen molar-refractivity contribution in [3.8, 4) is 29.1 Å². The molecule has 0 aliphatic rings. The minimum Gasteiger partial charge on any atom is -0.493 e. The molecule has 0 saturated carbocycles. The molecule has 1 N–H and O–H groups in total. The van der Waals surface area contributed by atoms with Crippen LogP contribution in [0, 0.1) is 11.3 Å². The maximum absolute atomic E-state index is 12.6. The number of hydrogen-bond donors (Lipinski definition) is 1. The van der Waals surface area contributed by atoms with E-state index in [1.807, 2.05) is 24.5 Å². The van der Waals surface area contributed by atoms with Crippen LogP contribution in [0.25, 0.3) is 6.08 Å². The Hall–Kier alpha value is -3.46. The lowest BCUT2D eigenvalue weighted by molar-refractivity contribution is -0.112. The van der Waals surface area contributed by atoms with Crippen LogP contribution in [-0.4, -0.2) is 49.0 Å². The summed E-state index contributed by atoms with van der Waals surface area (Å²) in [4.78, 5) is 16.7. The number of hydrogen-bond acceptors (Lipinski definition) is 10. The highest BCUT2D eigenvalue weighted by Crippen LogP contribution is 2.39. The predicted octanol–water partition coefficient (Wildman–Crippen LogP) is 4.93. The maximum atomic E-state index is 12.6. The van der Waals surface area contributed by atoms with Crippen molar-refractivity contribution in [3.63, 3.8) is 0 Å². The number of ether oxygens (including phenoxy) is 4. The molecule has 0 atom stereocenters. The van der Waals surface area contributed by atoms with E-state index >= 15 is 0 Å². The maximum Gasteiger partial charge on any atom is 0.268 e. The molecule has 1 amide bonds. The van der Waals surface area contributed by atoms with Crippen molar-refractivity contribution in [1.82, 2.24) is 9.36 Å². The number of halogens is 1. The van der Waals surface area contributed by atoms with E-state index in [0.717, 1.165) is 11.5 Å². The molecular weight excluding hydrogens is 512 g/mol. The highest BCUT2D eigenvalue weighted by Gasteiger charge is 2.17. The zero-order valence-electron chi connectivity index (χ0n) is 19.0. The van der Waals surface area contributed by atoms with Gasteiger partial charge in [0.2, 0.25) is 16.0 Å². The number of amides is 1. The molecule has 0 aliphatic carbocycles. The Kier molecular flexibility index (Phi) is 9.60. The average molecular weight is 533 g/mol. The van der Waals surface area contributed by atoms with Gasteiger partial charge in [0.05, 0.1) is 19.2 Å². The van der Waals surface area contributed by atoms with Crippen LogP contribution in [0.1, 0.15) is 5.56 Å². The van der Waals surface area contributed by atoms with Gasteiger partial charge in [0.1, 0.15) is 30.6 Å². The number of rotatable bonds is 11. The largest absolute Gasteiger partial charge is 0.493 e. The van der Waals surface area contributed by atoms with Crippen LogP contribution >= 0.6 is 34.9 Å². The van der Waals surface area contributed by atoms with E-state index in [2.05, 4.69) is 14.7 Å². The van der Waals surface area contributed by atoms with Gasteiger partial charge in [-0.3, -0.25) is 10.1 Å². The molecule has 12 heteroatoms. The van der Waals surface area contributed by atoms with Gasteiger partial charge in [-0.1, -0.05) is 35.5 Å². The highest BCUT2D eigenvalue weighted by molar-refractivity contribution is 7.98. The Morgan fingerprint density at radius 2 is 1.86 bits per heavy atom. The lowest BCUT2D eigenvalue weighted by Gasteiger charge is -2.16. The van der Waals surface area contributed by atoms with Crippen molar-refractivity contribution in [3.05, 3.63) is 52.6 Å². The van der Waals surface area contributed by atoms with Crippen LogP contribution in [0.3, 0.4) is 0 Å². The molecule has 2 aromatic carbocycles. The molecule has 3 rings (SSSR count). The molecule has 1 heterocycles. The van der Waals surface area contributed by atoms with Crippen molar-refractivity contribution >= 4 is 52.0 Å². The zero-order valence-corrected chi connectivity index (χ0v) is 21.4. The summed E-state index contributed by atoms with van der Waals surface area (Å²) < 4.78 is 26.5. The summed E-state index contributed by atoms with van der Waals surface area (Å²) in [6.45, 7) is 0.430. The Morgan fingerprint density at radius 3 is 2.46 bits per heavy atom. The molecule has 1 aromatic heterocycles. The van der Waals surface area contributed by atoms with E-state index in [1.165, 1.54) is 32.1 Å². The Labute approximate surface area is 215 Å². The van der Waals surface area contributed by atoms with Crippen molar-refractivity contribution in [1.29, 1.82) is 5.26 Å². The third kappa shape index (κ3) is 7.02. The van der Waals surface area contributed by atoms with Crippen LogP contribution in [0.2, 0.25) is 5.02 Å². The second-order valence-corrected chi connectivity index (χ2v) is 8.52. The number of aromatic nitrogens is 2. The Morgan fingerprint density at radius 1 is 1.17 bits per heavy atom. The van der Waals surface area contributed by atoms with Crippen molar-refractivity contribution in [2.75, 3.05) is 39.0 Å². The molecule has 0 spiro atoms. The number of methoxy groups -OCH3 is 2. The number of nitrogens with zero attached hydrogens (tertiary/aromatic N) is 3. The fourth-order valence-electron chi connectivity index (χ4n) is 2.81. The van der Waals surface area contributed by atoms with Gasteiger partial charge in [0.25, 0.3) is 5.91 Å². The summed E-state index contributed by atoms with van der Waals surface area (Å²) in [6.07, 6.45) is 3.25. The SMILES string of the molecule is COc1cc(C=C(C#N)C(=O)Nc2nc(SC)ns2)cc(OC)c1OCCOc1ccccc1Cl.